The van der Waals surface area contributed by atoms with Crippen molar-refractivity contribution in [3.63, 3.8) is 0 Å². The third-order valence-electron chi connectivity index (χ3n) is 5.19. The van der Waals surface area contributed by atoms with Crippen LogP contribution in [0.5, 0.6) is 11.5 Å². The van der Waals surface area contributed by atoms with Crippen molar-refractivity contribution in [3.8, 4) is 11.5 Å². The molecular formula is C25H22N2O5. The van der Waals surface area contributed by atoms with Gasteiger partial charge in [0.1, 0.15) is 23.1 Å². The second-order valence-electron chi connectivity index (χ2n) is 7.09. The minimum Gasteiger partial charge on any atom is -0.507 e. The average Bonchev–Trinajstić information content (AvgIpc) is 3.10. The highest BCUT2D eigenvalue weighted by atomic mass is 16.5. The Morgan fingerprint density at radius 2 is 1.81 bits per heavy atom. The summed E-state index contributed by atoms with van der Waals surface area (Å²) in [6.07, 6.45) is 1.55. The Morgan fingerprint density at radius 1 is 1.03 bits per heavy atom. The molecule has 1 N–H and O–H groups in total. The number of ether oxygens (including phenoxy) is 2. The van der Waals surface area contributed by atoms with E-state index in [2.05, 4.69) is 4.98 Å². The first-order valence-corrected chi connectivity index (χ1v) is 10.1. The van der Waals surface area contributed by atoms with Gasteiger partial charge >= 0.3 is 5.91 Å². The predicted octanol–water partition coefficient (Wildman–Crippen LogP) is 4.12. The van der Waals surface area contributed by atoms with E-state index in [1.54, 1.807) is 72.9 Å². The Kier molecular flexibility index (Phi) is 5.89. The van der Waals surface area contributed by atoms with Crippen LogP contribution in [-0.2, 0) is 9.59 Å². The second kappa shape index (κ2) is 8.93. The number of pyridine rings is 1. The van der Waals surface area contributed by atoms with Crippen LogP contribution in [0.15, 0.2) is 78.5 Å². The topological polar surface area (TPSA) is 89.0 Å². The van der Waals surface area contributed by atoms with E-state index in [0.29, 0.717) is 35.1 Å². The van der Waals surface area contributed by atoms with Crippen molar-refractivity contribution in [1.29, 1.82) is 0 Å². The summed E-state index contributed by atoms with van der Waals surface area (Å²) in [7, 11) is 1.51. The second-order valence-corrected chi connectivity index (χ2v) is 7.09. The standard InChI is InChI=1S/C25H22N2O5/c1-3-32-18-12-10-16(11-13-18)22-21(23(28)17-7-6-8-19(15-17)31-2)24(29)25(30)27(22)20-9-4-5-14-26-20/h4-15,22,28H,3H2,1-2H3/b23-21+. The summed E-state index contributed by atoms with van der Waals surface area (Å²) in [6.45, 7) is 2.40. The van der Waals surface area contributed by atoms with Crippen molar-refractivity contribution in [2.75, 3.05) is 18.6 Å². The molecule has 0 radical (unpaired) electrons. The molecule has 32 heavy (non-hydrogen) atoms. The zero-order valence-electron chi connectivity index (χ0n) is 17.7. The molecule has 2 heterocycles. The first-order chi connectivity index (χ1) is 15.5. The highest BCUT2D eigenvalue weighted by Crippen LogP contribution is 2.42. The molecule has 1 aromatic heterocycles. The van der Waals surface area contributed by atoms with Crippen LogP contribution in [-0.4, -0.2) is 35.5 Å². The van der Waals surface area contributed by atoms with E-state index in [1.165, 1.54) is 12.0 Å². The highest BCUT2D eigenvalue weighted by molar-refractivity contribution is 6.51. The molecule has 0 saturated carbocycles. The first kappa shape index (κ1) is 21.1. The van der Waals surface area contributed by atoms with Gasteiger partial charge in [0.05, 0.1) is 25.3 Å². The minimum absolute atomic E-state index is 0.0157. The molecule has 0 bridgehead atoms. The Bertz CT molecular complexity index is 1170. The first-order valence-electron chi connectivity index (χ1n) is 10.1. The molecule has 0 aliphatic carbocycles. The lowest BCUT2D eigenvalue weighted by atomic mass is 9.95. The average molecular weight is 430 g/mol. The fraction of sp³-hybridized carbons (Fsp3) is 0.160. The van der Waals surface area contributed by atoms with Gasteiger partial charge in [0.15, 0.2) is 0 Å². The number of aliphatic hydroxyl groups excluding tert-OH is 1. The fourth-order valence-electron chi connectivity index (χ4n) is 3.72. The van der Waals surface area contributed by atoms with E-state index in [0.717, 1.165) is 0 Å². The van der Waals surface area contributed by atoms with E-state index in [-0.39, 0.29) is 11.3 Å². The van der Waals surface area contributed by atoms with Crippen LogP contribution in [0.1, 0.15) is 24.1 Å². The molecule has 4 rings (SSSR count). The van der Waals surface area contributed by atoms with Gasteiger partial charge in [0.2, 0.25) is 0 Å². The summed E-state index contributed by atoms with van der Waals surface area (Å²) in [5.74, 6) is -0.316. The molecule has 1 aliphatic rings. The van der Waals surface area contributed by atoms with Crippen molar-refractivity contribution in [2.24, 2.45) is 0 Å². The molecular weight excluding hydrogens is 408 g/mol. The molecule has 7 nitrogen and oxygen atoms in total. The smallest absolute Gasteiger partial charge is 0.301 e. The maximum absolute atomic E-state index is 13.1. The summed E-state index contributed by atoms with van der Waals surface area (Å²) < 4.78 is 10.7. The third-order valence-corrected chi connectivity index (χ3v) is 5.19. The van der Waals surface area contributed by atoms with E-state index in [9.17, 15) is 14.7 Å². The molecule has 0 spiro atoms. The van der Waals surface area contributed by atoms with Gasteiger partial charge in [0, 0.05) is 11.8 Å². The Labute approximate surface area is 185 Å². The minimum atomic E-state index is -0.855. The van der Waals surface area contributed by atoms with Gasteiger partial charge < -0.3 is 14.6 Å². The number of rotatable bonds is 6. The molecule has 1 aliphatic heterocycles. The molecule has 162 valence electrons. The van der Waals surface area contributed by atoms with Gasteiger partial charge in [-0.1, -0.05) is 30.3 Å². The number of hydrogen-bond donors (Lipinski definition) is 1. The largest absolute Gasteiger partial charge is 0.507 e. The predicted molar refractivity (Wildman–Crippen MR) is 120 cm³/mol. The van der Waals surface area contributed by atoms with Gasteiger partial charge in [-0.15, -0.1) is 0 Å². The van der Waals surface area contributed by atoms with Crippen LogP contribution in [0.25, 0.3) is 5.76 Å². The number of ketones is 1. The Morgan fingerprint density at radius 3 is 2.47 bits per heavy atom. The van der Waals surface area contributed by atoms with Gasteiger partial charge in [0.25, 0.3) is 5.78 Å². The Hall–Kier alpha value is -4.13. The number of aliphatic hydroxyl groups is 1. The molecule has 3 aromatic rings. The van der Waals surface area contributed by atoms with Crippen LogP contribution in [0.4, 0.5) is 5.82 Å². The number of amides is 1. The maximum Gasteiger partial charge on any atom is 0.301 e. The lowest BCUT2D eigenvalue weighted by Gasteiger charge is -2.24. The SMILES string of the molecule is CCOc1ccc(C2/C(=C(\O)c3cccc(OC)c3)C(=O)C(=O)N2c2ccccn2)cc1. The summed E-state index contributed by atoms with van der Waals surface area (Å²) >= 11 is 0. The van der Waals surface area contributed by atoms with E-state index in [4.69, 9.17) is 9.47 Å². The van der Waals surface area contributed by atoms with Crippen LogP contribution >= 0.6 is 0 Å². The quantitative estimate of drug-likeness (QED) is 0.360. The monoisotopic (exact) mass is 430 g/mol. The summed E-state index contributed by atoms with van der Waals surface area (Å²) in [5.41, 5.74) is 1.00. The number of anilines is 1. The number of benzene rings is 2. The van der Waals surface area contributed by atoms with E-state index >= 15 is 0 Å². The number of Topliss-reactive ketones (excluding diaryl/α,β-unsaturated/α-hetero) is 1. The Balaban J connectivity index is 1.90. The molecule has 1 fully saturated rings. The number of carbonyl (C=O) groups is 2. The van der Waals surface area contributed by atoms with Crippen LogP contribution in [0.2, 0.25) is 0 Å². The number of methoxy groups -OCH3 is 1. The number of nitrogens with zero attached hydrogens (tertiary/aromatic N) is 2. The lowest BCUT2D eigenvalue weighted by Crippen LogP contribution is -2.30. The van der Waals surface area contributed by atoms with Gasteiger partial charge in [-0.3, -0.25) is 14.5 Å². The number of carbonyl (C=O) groups excluding carboxylic acids is 2. The molecule has 1 amide bonds. The van der Waals surface area contributed by atoms with Crippen molar-refractivity contribution in [3.05, 3.63) is 89.6 Å². The van der Waals surface area contributed by atoms with Gasteiger partial charge in [-0.2, -0.15) is 0 Å². The van der Waals surface area contributed by atoms with Crippen LogP contribution < -0.4 is 14.4 Å². The molecule has 1 unspecified atom stereocenters. The molecule has 1 atom stereocenters. The number of hydrogen-bond acceptors (Lipinski definition) is 6. The van der Waals surface area contributed by atoms with Gasteiger partial charge in [-0.05, 0) is 48.9 Å². The van der Waals surface area contributed by atoms with Crippen molar-refractivity contribution >= 4 is 23.3 Å². The summed E-state index contributed by atoms with van der Waals surface area (Å²) in [5, 5.41) is 11.1. The zero-order chi connectivity index (χ0) is 22.7. The molecule has 2 aromatic carbocycles. The van der Waals surface area contributed by atoms with Gasteiger partial charge in [-0.25, -0.2) is 4.98 Å². The van der Waals surface area contributed by atoms with Crippen molar-refractivity contribution in [2.45, 2.75) is 13.0 Å². The van der Waals surface area contributed by atoms with Crippen LogP contribution in [0, 0.1) is 0 Å². The normalized spacial score (nSPS) is 17.4. The van der Waals surface area contributed by atoms with E-state index in [1.807, 2.05) is 6.92 Å². The lowest BCUT2D eigenvalue weighted by molar-refractivity contribution is -0.132. The molecule has 7 heteroatoms. The van der Waals surface area contributed by atoms with E-state index < -0.39 is 17.7 Å². The number of aromatic nitrogens is 1. The fourth-order valence-corrected chi connectivity index (χ4v) is 3.72. The van der Waals surface area contributed by atoms with Crippen molar-refractivity contribution in [1.82, 2.24) is 4.98 Å². The molecule has 1 saturated heterocycles. The van der Waals surface area contributed by atoms with Crippen LogP contribution in [0.3, 0.4) is 0 Å². The zero-order valence-corrected chi connectivity index (χ0v) is 17.7. The maximum atomic E-state index is 13.1. The summed E-state index contributed by atoms with van der Waals surface area (Å²) in [4.78, 5) is 31.8. The van der Waals surface area contributed by atoms with Crippen molar-refractivity contribution < 1.29 is 24.2 Å². The summed E-state index contributed by atoms with van der Waals surface area (Å²) in [6, 6.07) is 18.0. The highest BCUT2D eigenvalue weighted by Gasteiger charge is 2.47. The third kappa shape index (κ3) is 3.80.